The number of rotatable bonds is 6. The molecule has 0 bridgehead atoms. The molecule has 1 amide bonds. The van der Waals surface area contributed by atoms with Crippen molar-refractivity contribution in [2.24, 2.45) is 11.3 Å². The van der Waals surface area contributed by atoms with Crippen LogP contribution in [0.25, 0.3) is 0 Å². The van der Waals surface area contributed by atoms with Crippen molar-refractivity contribution in [3.05, 3.63) is 27.5 Å². The number of amides is 1. The van der Waals surface area contributed by atoms with Crippen molar-refractivity contribution < 1.29 is 29.3 Å². The average Bonchev–Trinajstić information content (AvgIpc) is 3.49. The van der Waals surface area contributed by atoms with E-state index >= 15 is 0 Å². The molecular formula is C29H39NO6S. The summed E-state index contributed by atoms with van der Waals surface area (Å²) in [6, 6.07) is 1.54. The van der Waals surface area contributed by atoms with Crippen molar-refractivity contribution in [3.63, 3.8) is 0 Å². The highest BCUT2D eigenvalue weighted by Crippen LogP contribution is 2.40. The van der Waals surface area contributed by atoms with Gasteiger partial charge in [-0.15, -0.1) is 11.3 Å². The summed E-state index contributed by atoms with van der Waals surface area (Å²) in [6.45, 7) is 9.22. The molecule has 2 fully saturated rings. The van der Waals surface area contributed by atoms with Crippen LogP contribution in [-0.2, 0) is 14.3 Å². The highest BCUT2D eigenvalue weighted by atomic mass is 32.1. The van der Waals surface area contributed by atoms with Gasteiger partial charge >= 0.3 is 5.97 Å². The van der Waals surface area contributed by atoms with Crippen LogP contribution in [0.2, 0.25) is 0 Å². The van der Waals surface area contributed by atoms with E-state index in [-0.39, 0.29) is 34.3 Å². The van der Waals surface area contributed by atoms with Crippen molar-refractivity contribution in [1.29, 1.82) is 0 Å². The van der Waals surface area contributed by atoms with Gasteiger partial charge in [0.15, 0.2) is 5.79 Å². The molecule has 1 aromatic heterocycles. The second-order valence-corrected chi connectivity index (χ2v) is 12.7. The Kier molecular flexibility index (Phi) is 8.49. The molecule has 1 aromatic rings. The third kappa shape index (κ3) is 7.02. The van der Waals surface area contributed by atoms with Gasteiger partial charge in [-0.05, 0) is 72.3 Å². The van der Waals surface area contributed by atoms with E-state index < -0.39 is 11.8 Å². The van der Waals surface area contributed by atoms with Crippen LogP contribution in [0.4, 0.5) is 5.69 Å². The standard InChI is InChI=1S/C29H39NO6S/c1-19-5-7-20(8-6-19)26(31)30(21-9-14-29(34,15-10-21)36-22-12-16-35-18-22)24-17-23(11-13-28(2,3)4)37-25(24)27(32)33/h5,17,20-22,34H,6-10,12,14-16,18H2,1-4H3,(H,32,33)/t20-,21?,22-,29?/m1/s1. The lowest BCUT2D eigenvalue weighted by atomic mass is 9.85. The van der Waals surface area contributed by atoms with Gasteiger partial charge in [-0.25, -0.2) is 4.79 Å². The van der Waals surface area contributed by atoms with Gasteiger partial charge in [0.05, 0.1) is 23.3 Å². The quantitative estimate of drug-likeness (QED) is 0.293. The monoisotopic (exact) mass is 529 g/mol. The number of anilines is 1. The summed E-state index contributed by atoms with van der Waals surface area (Å²) in [5, 5.41) is 21.2. The highest BCUT2D eigenvalue weighted by molar-refractivity contribution is 7.15. The number of allylic oxidation sites excluding steroid dienone is 2. The Bertz CT molecular complexity index is 1090. The number of carbonyl (C=O) groups excluding carboxylic acids is 1. The van der Waals surface area contributed by atoms with Crippen molar-refractivity contribution in [2.45, 2.75) is 97.0 Å². The molecule has 0 radical (unpaired) electrons. The minimum Gasteiger partial charge on any atom is -0.477 e. The molecule has 4 rings (SSSR count). The fourth-order valence-corrected chi connectivity index (χ4v) is 6.09. The molecule has 0 spiro atoms. The van der Waals surface area contributed by atoms with Crippen molar-refractivity contribution in [1.82, 2.24) is 0 Å². The van der Waals surface area contributed by atoms with Crippen LogP contribution in [0.3, 0.4) is 0 Å². The number of carbonyl (C=O) groups is 2. The SMILES string of the molecule is CC1=CC[C@@H](C(=O)N(c2cc(C#CC(C)(C)C)sc2C(=O)O)C2CCC(O)(O[C@@H]3CCOC3)CC2)CC1. The topological polar surface area (TPSA) is 96.3 Å². The van der Waals surface area contributed by atoms with Gasteiger partial charge in [0, 0.05) is 36.8 Å². The molecule has 202 valence electrons. The molecule has 2 atom stereocenters. The van der Waals surface area contributed by atoms with E-state index in [0.717, 1.165) is 30.6 Å². The maximum atomic E-state index is 14.0. The molecule has 1 saturated heterocycles. The molecule has 7 nitrogen and oxygen atoms in total. The molecule has 2 N–H and O–H groups in total. The first kappa shape index (κ1) is 27.8. The first-order valence-electron chi connectivity index (χ1n) is 13.3. The van der Waals surface area contributed by atoms with Crippen LogP contribution < -0.4 is 4.90 Å². The highest BCUT2D eigenvalue weighted by Gasteiger charge is 2.42. The summed E-state index contributed by atoms with van der Waals surface area (Å²) in [5.74, 6) is 3.76. The number of nitrogens with zero attached hydrogens (tertiary/aromatic N) is 1. The normalized spacial score (nSPS) is 28.2. The number of hydrogen-bond donors (Lipinski definition) is 2. The van der Waals surface area contributed by atoms with Crippen LogP contribution in [0.5, 0.6) is 0 Å². The number of aromatic carboxylic acids is 1. The largest absolute Gasteiger partial charge is 0.477 e. The van der Waals surface area contributed by atoms with E-state index in [1.54, 1.807) is 11.0 Å². The fraction of sp³-hybridized carbons (Fsp3) is 0.655. The minimum absolute atomic E-state index is 0.0417. The molecule has 37 heavy (non-hydrogen) atoms. The van der Waals surface area contributed by atoms with E-state index in [1.165, 1.54) is 5.57 Å². The van der Waals surface area contributed by atoms with E-state index in [0.29, 0.717) is 55.9 Å². The Labute approximate surface area is 223 Å². The van der Waals surface area contributed by atoms with Gasteiger partial charge in [-0.3, -0.25) is 4.79 Å². The number of ether oxygens (including phenoxy) is 2. The molecule has 1 saturated carbocycles. The first-order valence-corrected chi connectivity index (χ1v) is 14.1. The van der Waals surface area contributed by atoms with Gasteiger partial charge in [0.2, 0.25) is 5.91 Å². The number of aliphatic hydroxyl groups is 1. The van der Waals surface area contributed by atoms with Gasteiger partial charge in [0.25, 0.3) is 0 Å². The van der Waals surface area contributed by atoms with Crippen molar-refractivity contribution >= 4 is 28.9 Å². The van der Waals surface area contributed by atoms with Crippen LogP contribution >= 0.6 is 11.3 Å². The zero-order valence-corrected chi connectivity index (χ0v) is 23.2. The predicted molar refractivity (Wildman–Crippen MR) is 144 cm³/mol. The van der Waals surface area contributed by atoms with Crippen LogP contribution in [0, 0.1) is 23.2 Å². The first-order chi connectivity index (χ1) is 17.4. The maximum absolute atomic E-state index is 14.0. The zero-order chi connectivity index (χ0) is 26.8. The van der Waals surface area contributed by atoms with Gasteiger partial charge in [-0.2, -0.15) is 0 Å². The predicted octanol–water partition coefficient (Wildman–Crippen LogP) is 5.36. The van der Waals surface area contributed by atoms with Crippen molar-refractivity contribution in [3.8, 4) is 11.8 Å². The fourth-order valence-electron chi connectivity index (χ4n) is 5.25. The molecule has 2 aliphatic carbocycles. The minimum atomic E-state index is -1.25. The Morgan fingerprint density at radius 3 is 2.51 bits per heavy atom. The van der Waals surface area contributed by atoms with Crippen LogP contribution in [-0.4, -0.2) is 53.2 Å². The summed E-state index contributed by atoms with van der Waals surface area (Å²) in [4.78, 5) is 28.8. The number of hydrogen-bond acceptors (Lipinski definition) is 6. The maximum Gasteiger partial charge on any atom is 0.348 e. The molecule has 8 heteroatoms. The lowest BCUT2D eigenvalue weighted by Crippen LogP contribution is -2.50. The second-order valence-electron chi connectivity index (χ2n) is 11.6. The average molecular weight is 530 g/mol. The molecular weight excluding hydrogens is 490 g/mol. The summed E-state index contributed by atoms with van der Waals surface area (Å²) < 4.78 is 11.4. The number of carboxylic acid groups (broad SMARTS) is 1. The molecule has 0 aromatic carbocycles. The Morgan fingerprint density at radius 2 is 1.95 bits per heavy atom. The lowest BCUT2D eigenvalue weighted by molar-refractivity contribution is -0.245. The van der Waals surface area contributed by atoms with Gasteiger partial charge in [-0.1, -0.05) is 23.5 Å². The van der Waals surface area contributed by atoms with E-state index in [9.17, 15) is 19.8 Å². The number of carboxylic acids is 1. The summed E-state index contributed by atoms with van der Waals surface area (Å²) >= 11 is 1.12. The lowest BCUT2D eigenvalue weighted by Gasteiger charge is -2.42. The summed E-state index contributed by atoms with van der Waals surface area (Å²) in [6.07, 6.45) is 6.85. The second kappa shape index (κ2) is 11.3. The summed E-state index contributed by atoms with van der Waals surface area (Å²) in [5.41, 5.74) is 1.48. The van der Waals surface area contributed by atoms with Crippen molar-refractivity contribution in [2.75, 3.05) is 18.1 Å². The van der Waals surface area contributed by atoms with E-state index in [4.69, 9.17) is 9.47 Å². The summed E-state index contributed by atoms with van der Waals surface area (Å²) in [7, 11) is 0. The zero-order valence-electron chi connectivity index (χ0n) is 22.3. The molecule has 1 aliphatic heterocycles. The smallest absolute Gasteiger partial charge is 0.348 e. The van der Waals surface area contributed by atoms with Gasteiger partial charge < -0.3 is 24.6 Å². The van der Waals surface area contributed by atoms with E-state index in [2.05, 4.69) is 24.8 Å². The van der Waals surface area contributed by atoms with Crippen LogP contribution in [0.1, 0.15) is 93.6 Å². The molecule has 0 unspecified atom stereocenters. The Hall–Kier alpha value is -2.18. The Balaban J connectivity index is 1.63. The van der Waals surface area contributed by atoms with Gasteiger partial charge in [0.1, 0.15) is 4.88 Å². The third-order valence-electron chi connectivity index (χ3n) is 7.33. The number of thiophene rings is 1. The van der Waals surface area contributed by atoms with E-state index in [1.807, 2.05) is 20.8 Å². The Morgan fingerprint density at radius 1 is 1.22 bits per heavy atom. The molecule has 3 aliphatic rings. The molecule has 2 heterocycles. The van der Waals surface area contributed by atoms with Crippen LogP contribution in [0.15, 0.2) is 17.7 Å². The third-order valence-corrected chi connectivity index (χ3v) is 8.35.